The summed E-state index contributed by atoms with van der Waals surface area (Å²) in [5.41, 5.74) is 1.37. The van der Waals surface area contributed by atoms with Gasteiger partial charge in [0, 0.05) is 16.1 Å². The summed E-state index contributed by atoms with van der Waals surface area (Å²) >= 11 is 3.55. The fourth-order valence-corrected chi connectivity index (χ4v) is 3.06. The van der Waals surface area contributed by atoms with Gasteiger partial charge in [-0.1, -0.05) is 43.1 Å². The molecule has 112 valence electrons. The van der Waals surface area contributed by atoms with Crippen LogP contribution in [0.2, 0.25) is 0 Å². The van der Waals surface area contributed by atoms with E-state index < -0.39 is 0 Å². The Morgan fingerprint density at radius 3 is 2.75 bits per heavy atom. The molecule has 1 heterocycles. The predicted octanol–water partition coefficient (Wildman–Crippen LogP) is 4.66. The van der Waals surface area contributed by atoms with Crippen molar-refractivity contribution in [2.75, 3.05) is 13.2 Å². The highest BCUT2D eigenvalue weighted by atomic mass is 79.9. The maximum atomic E-state index is 6.06. The molecular formula is C17H26BrNO. The number of ether oxygens (including phenoxy) is 1. The maximum absolute atomic E-state index is 6.06. The average Bonchev–Trinajstić information content (AvgIpc) is 2.40. The zero-order valence-electron chi connectivity index (χ0n) is 12.8. The van der Waals surface area contributed by atoms with E-state index in [2.05, 4.69) is 60.2 Å². The molecule has 1 aliphatic rings. The van der Waals surface area contributed by atoms with Gasteiger partial charge in [-0.15, -0.1) is 0 Å². The second-order valence-electron chi connectivity index (χ2n) is 6.67. The summed E-state index contributed by atoms with van der Waals surface area (Å²) in [6.45, 7) is 8.64. The van der Waals surface area contributed by atoms with Crippen LogP contribution in [0, 0.1) is 0 Å². The van der Waals surface area contributed by atoms with Gasteiger partial charge in [0.1, 0.15) is 5.75 Å². The Morgan fingerprint density at radius 2 is 2.10 bits per heavy atom. The van der Waals surface area contributed by atoms with Crippen molar-refractivity contribution in [3.8, 4) is 5.75 Å². The highest BCUT2D eigenvalue weighted by Crippen LogP contribution is 2.33. The molecule has 1 aromatic carbocycles. The Hall–Kier alpha value is -0.540. The van der Waals surface area contributed by atoms with E-state index in [-0.39, 0.29) is 5.41 Å². The van der Waals surface area contributed by atoms with Crippen LogP contribution in [0.5, 0.6) is 5.75 Å². The van der Waals surface area contributed by atoms with E-state index in [0.29, 0.717) is 6.04 Å². The topological polar surface area (TPSA) is 21.3 Å². The smallest absolute Gasteiger partial charge is 0.123 e. The van der Waals surface area contributed by atoms with Crippen molar-refractivity contribution in [2.45, 2.75) is 57.9 Å². The largest absolute Gasteiger partial charge is 0.493 e. The molecule has 20 heavy (non-hydrogen) atoms. The second kappa shape index (κ2) is 6.95. The Balaban J connectivity index is 1.95. The molecule has 0 saturated carbocycles. The number of nitrogens with one attached hydrogen (secondary N) is 1. The van der Waals surface area contributed by atoms with Gasteiger partial charge in [-0.2, -0.15) is 0 Å². The molecule has 1 aliphatic heterocycles. The zero-order chi connectivity index (χ0) is 14.6. The molecule has 2 nitrogen and oxygen atoms in total. The molecule has 0 aliphatic carbocycles. The molecule has 2 rings (SSSR count). The summed E-state index contributed by atoms with van der Waals surface area (Å²) in [6, 6.07) is 6.95. The Bertz CT molecular complexity index is 433. The standard InChI is InChI=1S/C17H26BrNO/c1-17(2,3)15-12-13(18)7-8-16(15)20-11-9-14-6-4-5-10-19-14/h7-8,12,14,19H,4-6,9-11H2,1-3H3/t14-/m0/s1. The van der Waals surface area contributed by atoms with Crippen molar-refractivity contribution in [1.82, 2.24) is 5.32 Å². The number of benzene rings is 1. The van der Waals surface area contributed by atoms with Crippen molar-refractivity contribution in [3.63, 3.8) is 0 Å². The van der Waals surface area contributed by atoms with Crippen LogP contribution < -0.4 is 10.1 Å². The molecule has 0 unspecified atom stereocenters. The summed E-state index contributed by atoms with van der Waals surface area (Å²) in [5.74, 6) is 1.02. The van der Waals surface area contributed by atoms with Crippen molar-refractivity contribution in [3.05, 3.63) is 28.2 Å². The van der Waals surface area contributed by atoms with Gasteiger partial charge in [-0.05, 0) is 49.4 Å². The third kappa shape index (κ3) is 4.49. The zero-order valence-corrected chi connectivity index (χ0v) is 14.4. The lowest BCUT2D eigenvalue weighted by Gasteiger charge is -2.25. The normalized spacial score (nSPS) is 19.9. The van der Waals surface area contributed by atoms with Gasteiger partial charge in [0.05, 0.1) is 6.61 Å². The van der Waals surface area contributed by atoms with Gasteiger partial charge in [-0.3, -0.25) is 0 Å². The fraction of sp³-hybridized carbons (Fsp3) is 0.647. The van der Waals surface area contributed by atoms with Crippen LogP contribution in [0.25, 0.3) is 0 Å². The van der Waals surface area contributed by atoms with E-state index in [9.17, 15) is 0 Å². The van der Waals surface area contributed by atoms with Gasteiger partial charge in [0.2, 0.25) is 0 Å². The van der Waals surface area contributed by atoms with Crippen LogP contribution in [-0.2, 0) is 5.41 Å². The first-order chi connectivity index (χ1) is 9.47. The number of halogens is 1. The van der Waals surface area contributed by atoms with Crippen molar-refractivity contribution in [1.29, 1.82) is 0 Å². The van der Waals surface area contributed by atoms with Crippen LogP contribution in [0.4, 0.5) is 0 Å². The predicted molar refractivity (Wildman–Crippen MR) is 88.6 cm³/mol. The number of hydrogen-bond donors (Lipinski definition) is 1. The van der Waals surface area contributed by atoms with Crippen molar-refractivity contribution >= 4 is 15.9 Å². The van der Waals surface area contributed by atoms with Gasteiger partial charge < -0.3 is 10.1 Å². The van der Waals surface area contributed by atoms with Crippen LogP contribution in [0.15, 0.2) is 22.7 Å². The second-order valence-corrected chi connectivity index (χ2v) is 7.59. The highest BCUT2D eigenvalue weighted by molar-refractivity contribution is 9.10. The Morgan fingerprint density at radius 1 is 1.30 bits per heavy atom. The molecule has 0 spiro atoms. The minimum Gasteiger partial charge on any atom is -0.493 e. The molecule has 1 saturated heterocycles. The molecule has 0 bridgehead atoms. The third-order valence-electron chi connectivity index (χ3n) is 3.89. The lowest BCUT2D eigenvalue weighted by Crippen LogP contribution is -2.35. The van der Waals surface area contributed by atoms with E-state index in [4.69, 9.17) is 4.74 Å². The van der Waals surface area contributed by atoms with Crippen LogP contribution in [0.1, 0.15) is 52.0 Å². The van der Waals surface area contributed by atoms with E-state index in [1.165, 1.54) is 24.8 Å². The molecule has 1 atom stereocenters. The molecule has 1 fully saturated rings. The van der Waals surface area contributed by atoms with E-state index in [0.717, 1.165) is 29.8 Å². The van der Waals surface area contributed by atoms with Crippen LogP contribution >= 0.6 is 15.9 Å². The van der Waals surface area contributed by atoms with Crippen molar-refractivity contribution < 1.29 is 4.74 Å². The van der Waals surface area contributed by atoms with E-state index in [1.807, 2.05) is 0 Å². The summed E-state index contributed by atoms with van der Waals surface area (Å²) in [6.07, 6.45) is 5.05. The first kappa shape index (κ1) is 15.8. The summed E-state index contributed by atoms with van der Waals surface area (Å²) in [4.78, 5) is 0. The number of piperidine rings is 1. The summed E-state index contributed by atoms with van der Waals surface area (Å²) < 4.78 is 7.18. The average molecular weight is 340 g/mol. The SMILES string of the molecule is CC(C)(C)c1cc(Br)ccc1OCC[C@@H]1CCCCN1. The first-order valence-corrected chi connectivity index (χ1v) is 8.42. The van der Waals surface area contributed by atoms with Crippen LogP contribution in [-0.4, -0.2) is 19.2 Å². The molecule has 1 N–H and O–H groups in total. The van der Waals surface area contributed by atoms with Gasteiger partial charge in [0.15, 0.2) is 0 Å². The molecule has 0 amide bonds. The summed E-state index contributed by atoms with van der Waals surface area (Å²) in [5, 5.41) is 3.57. The highest BCUT2D eigenvalue weighted by Gasteiger charge is 2.20. The summed E-state index contributed by atoms with van der Waals surface area (Å²) in [7, 11) is 0. The monoisotopic (exact) mass is 339 g/mol. The lowest BCUT2D eigenvalue weighted by atomic mass is 9.86. The maximum Gasteiger partial charge on any atom is 0.123 e. The van der Waals surface area contributed by atoms with Gasteiger partial charge in [-0.25, -0.2) is 0 Å². The molecule has 1 aromatic rings. The van der Waals surface area contributed by atoms with Gasteiger partial charge >= 0.3 is 0 Å². The fourth-order valence-electron chi connectivity index (χ4n) is 2.70. The third-order valence-corrected chi connectivity index (χ3v) is 4.38. The minimum atomic E-state index is 0.0994. The molecule has 3 heteroatoms. The number of hydrogen-bond acceptors (Lipinski definition) is 2. The van der Waals surface area contributed by atoms with Gasteiger partial charge in [0.25, 0.3) is 0 Å². The molecule has 0 aromatic heterocycles. The van der Waals surface area contributed by atoms with Crippen molar-refractivity contribution in [2.24, 2.45) is 0 Å². The quantitative estimate of drug-likeness (QED) is 0.861. The Labute approximate surface area is 131 Å². The number of rotatable bonds is 4. The first-order valence-electron chi connectivity index (χ1n) is 7.63. The molecular weight excluding hydrogens is 314 g/mol. The van der Waals surface area contributed by atoms with E-state index in [1.54, 1.807) is 0 Å². The molecule has 0 radical (unpaired) electrons. The lowest BCUT2D eigenvalue weighted by molar-refractivity contribution is 0.263. The van der Waals surface area contributed by atoms with Crippen LogP contribution in [0.3, 0.4) is 0 Å². The minimum absolute atomic E-state index is 0.0994. The van der Waals surface area contributed by atoms with E-state index >= 15 is 0 Å². The Kier molecular flexibility index (Phi) is 5.50.